The predicted molar refractivity (Wildman–Crippen MR) is 87.6 cm³/mol. The first kappa shape index (κ1) is 15.9. The van der Waals surface area contributed by atoms with Crippen LogP contribution in [-0.4, -0.2) is 11.5 Å². The van der Waals surface area contributed by atoms with Gasteiger partial charge < -0.3 is 11.1 Å². The summed E-state index contributed by atoms with van der Waals surface area (Å²) in [5, 5.41) is 3.37. The van der Waals surface area contributed by atoms with Gasteiger partial charge in [0.05, 0.1) is 6.04 Å². The number of aromatic nitrogens is 1. The lowest BCUT2D eigenvalue weighted by Crippen LogP contribution is -2.26. The van der Waals surface area contributed by atoms with Gasteiger partial charge in [0, 0.05) is 21.8 Å². The van der Waals surface area contributed by atoms with Crippen LogP contribution in [0.5, 0.6) is 0 Å². The minimum Gasteiger partial charge on any atom is -0.383 e. The average Bonchev–Trinajstić information content (AvgIpc) is 2.45. The molecule has 1 atom stereocenters. The summed E-state index contributed by atoms with van der Waals surface area (Å²) >= 11 is 3.40. The Morgan fingerprint density at radius 1 is 1.38 bits per heavy atom. The van der Waals surface area contributed by atoms with E-state index in [-0.39, 0.29) is 11.9 Å². The van der Waals surface area contributed by atoms with E-state index in [1.54, 1.807) is 18.3 Å². The van der Waals surface area contributed by atoms with Gasteiger partial charge in [0.2, 0.25) is 0 Å². The molecule has 0 saturated carbocycles. The minimum absolute atomic E-state index is 0.255. The molecule has 0 aliphatic rings. The van der Waals surface area contributed by atoms with Crippen LogP contribution in [0.4, 0.5) is 10.2 Å². The van der Waals surface area contributed by atoms with E-state index in [1.807, 2.05) is 13.0 Å². The number of benzene rings is 1. The van der Waals surface area contributed by atoms with Crippen molar-refractivity contribution in [3.05, 3.63) is 57.4 Å². The van der Waals surface area contributed by atoms with Crippen molar-refractivity contribution in [3.8, 4) is 0 Å². The van der Waals surface area contributed by atoms with Crippen LogP contribution in [0.25, 0.3) is 0 Å². The van der Waals surface area contributed by atoms with Crippen molar-refractivity contribution in [3.63, 3.8) is 0 Å². The molecule has 0 aliphatic carbocycles. The number of nitrogens with two attached hydrogens (primary N) is 1. The Labute approximate surface area is 132 Å². The second-order valence-corrected chi connectivity index (χ2v) is 5.90. The molecule has 2 rings (SSSR count). The van der Waals surface area contributed by atoms with Crippen molar-refractivity contribution in [2.75, 3.05) is 12.3 Å². The molecular formula is C16H19BrFN3. The number of nitrogens with one attached hydrogen (secondary N) is 1. The summed E-state index contributed by atoms with van der Waals surface area (Å²) in [6.07, 6.45) is 2.62. The second-order valence-electron chi connectivity index (χ2n) is 4.98. The quantitative estimate of drug-likeness (QED) is 0.856. The number of hydrogen-bond acceptors (Lipinski definition) is 3. The molecular weight excluding hydrogens is 333 g/mol. The highest BCUT2D eigenvalue weighted by molar-refractivity contribution is 9.10. The molecule has 2 aromatic rings. The van der Waals surface area contributed by atoms with E-state index >= 15 is 0 Å². The first-order valence-electron chi connectivity index (χ1n) is 6.94. The van der Waals surface area contributed by atoms with Gasteiger partial charge in [0.15, 0.2) is 0 Å². The maximum absolute atomic E-state index is 14.3. The Morgan fingerprint density at radius 3 is 2.81 bits per heavy atom. The number of hydrogen-bond donors (Lipinski definition) is 2. The molecule has 1 aromatic carbocycles. The van der Waals surface area contributed by atoms with Gasteiger partial charge in [-0.05, 0) is 49.7 Å². The van der Waals surface area contributed by atoms with Crippen molar-refractivity contribution in [2.24, 2.45) is 0 Å². The molecule has 0 saturated heterocycles. The van der Waals surface area contributed by atoms with Crippen LogP contribution in [0.1, 0.15) is 36.1 Å². The fraction of sp³-hybridized carbons (Fsp3) is 0.312. The van der Waals surface area contributed by atoms with Gasteiger partial charge in [-0.15, -0.1) is 0 Å². The second kappa shape index (κ2) is 7.00. The van der Waals surface area contributed by atoms with Gasteiger partial charge in [0.1, 0.15) is 11.6 Å². The zero-order valence-electron chi connectivity index (χ0n) is 12.2. The van der Waals surface area contributed by atoms with Crippen molar-refractivity contribution >= 4 is 21.7 Å². The standard InChI is InChI=1S/C16H19BrFN3/c1-3-7-20-15(12-9-11(17)4-5-13(12)18)14-10(2)6-8-21-16(14)19/h4-6,8-9,15,20H,3,7H2,1-2H3,(H2,19,21). The number of nitrogens with zero attached hydrogens (tertiary/aromatic N) is 1. The van der Waals surface area contributed by atoms with Crippen LogP contribution in [0, 0.1) is 12.7 Å². The molecule has 1 aromatic heterocycles. The number of nitrogen functional groups attached to an aromatic ring is 1. The largest absolute Gasteiger partial charge is 0.383 e. The van der Waals surface area contributed by atoms with Gasteiger partial charge in [0.25, 0.3) is 0 Å². The molecule has 0 fully saturated rings. The van der Waals surface area contributed by atoms with Gasteiger partial charge >= 0.3 is 0 Å². The van der Waals surface area contributed by atoms with Crippen molar-refractivity contribution in [2.45, 2.75) is 26.3 Å². The van der Waals surface area contributed by atoms with Crippen LogP contribution in [0.2, 0.25) is 0 Å². The third-order valence-electron chi connectivity index (χ3n) is 3.40. The molecule has 5 heteroatoms. The molecule has 1 heterocycles. The van der Waals surface area contributed by atoms with E-state index < -0.39 is 0 Å². The first-order chi connectivity index (χ1) is 10.0. The molecule has 3 nitrogen and oxygen atoms in total. The monoisotopic (exact) mass is 351 g/mol. The summed E-state index contributed by atoms with van der Waals surface area (Å²) in [6, 6.07) is 6.52. The Bertz CT molecular complexity index is 611. The highest BCUT2D eigenvalue weighted by Gasteiger charge is 2.22. The van der Waals surface area contributed by atoms with Gasteiger partial charge in [-0.25, -0.2) is 9.37 Å². The molecule has 1 unspecified atom stereocenters. The van der Waals surface area contributed by atoms with Crippen molar-refractivity contribution < 1.29 is 4.39 Å². The Hall–Kier alpha value is -1.46. The number of anilines is 1. The van der Waals surface area contributed by atoms with E-state index in [0.29, 0.717) is 11.4 Å². The van der Waals surface area contributed by atoms with E-state index in [4.69, 9.17) is 5.73 Å². The normalized spacial score (nSPS) is 12.4. The fourth-order valence-electron chi connectivity index (χ4n) is 2.36. The summed E-state index contributed by atoms with van der Waals surface area (Å²) < 4.78 is 15.1. The third-order valence-corrected chi connectivity index (χ3v) is 3.89. The fourth-order valence-corrected chi connectivity index (χ4v) is 2.74. The van der Waals surface area contributed by atoms with Crippen LogP contribution in [0.15, 0.2) is 34.9 Å². The van der Waals surface area contributed by atoms with Crippen LogP contribution in [0.3, 0.4) is 0 Å². The number of aryl methyl sites for hydroxylation is 1. The summed E-state index contributed by atoms with van der Waals surface area (Å²) in [5.41, 5.74) is 8.44. The van der Waals surface area contributed by atoms with E-state index in [0.717, 1.165) is 28.6 Å². The SMILES string of the molecule is CCCNC(c1cc(Br)ccc1F)c1c(C)ccnc1N. The number of pyridine rings is 1. The first-order valence-corrected chi connectivity index (χ1v) is 7.73. The lowest BCUT2D eigenvalue weighted by molar-refractivity contribution is 0.545. The molecule has 21 heavy (non-hydrogen) atoms. The molecule has 0 aliphatic heterocycles. The van der Waals surface area contributed by atoms with Crippen LogP contribution >= 0.6 is 15.9 Å². The van der Waals surface area contributed by atoms with E-state index in [9.17, 15) is 4.39 Å². The molecule has 3 N–H and O–H groups in total. The lowest BCUT2D eigenvalue weighted by atomic mass is 9.95. The summed E-state index contributed by atoms with van der Waals surface area (Å²) in [6.45, 7) is 4.80. The highest BCUT2D eigenvalue weighted by Crippen LogP contribution is 2.31. The Morgan fingerprint density at radius 2 is 2.14 bits per heavy atom. The van der Waals surface area contributed by atoms with Crippen molar-refractivity contribution in [1.82, 2.24) is 10.3 Å². The molecule has 0 amide bonds. The zero-order valence-corrected chi connectivity index (χ0v) is 13.7. The smallest absolute Gasteiger partial charge is 0.128 e. The summed E-state index contributed by atoms with van der Waals surface area (Å²) in [4.78, 5) is 4.15. The molecule has 0 radical (unpaired) electrons. The highest BCUT2D eigenvalue weighted by atomic mass is 79.9. The van der Waals surface area contributed by atoms with E-state index in [2.05, 4.69) is 33.2 Å². The summed E-state index contributed by atoms with van der Waals surface area (Å²) in [7, 11) is 0. The van der Waals surface area contributed by atoms with Gasteiger partial charge in [-0.3, -0.25) is 0 Å². The Kier molecular flexibility index (Phi) is 5.31. The zero-order chi connectivity index (χ0) is 15.4. The Balaban J connectivity index is 2.55. The minimum atomic E-state index is -0.309. The number of rotatable bonds is 5. The maximum Gasteiger partial charge on any atom is 0.128 e. The van der Waals surface area contributed by atoms with Gasteiger partial charge in [-0.2, -0.15) is 0 Å². The van der Waals surface area contributed by atoms with E-state index in [1.165, 1.54) is 6.07 Å². The maximum atomic E-state index is 14.3. The average molecular weight is 352 g/mol. The molecule has 0 spiro atoms. The third kappa shape index (κ3) is 3.60. The lowest BCUT2D eigenvalue weighted by Gasteiger charge is -2.23. The van der Waals surface area contributed by atoms with Crippen LogP contribution < -0.4 is 11.1 Å². The number of halogens is 2. The van der Waals surface area contributed by atoms with Crippen LogP contribution in [-0.2, 0) is 0 Å². The van der Waals surface area contributed by atoms with Crippen molar-refractivity contribution in [1.29, 1.82) is 0 Å². The molecule has 0 bridgehead atoms. The molecule has 112 valence electrons. The predicted octanol–water partition coefficient (Wildman–Crippen LogP) is 3.96. The van der Waals surface area contributed by atoms with Gasteiger partial charge in [-0.1, -0.05) is 22.9 Å². The topological polar surface area (TPSA) is 50.9 Å². The summed E-state index contributed by atoms with van der Waals surface area (Å²) in [5.74, 6) is 0.178.